The van der Waals surface area contributed by atoms with E-state index in [1.165, 1.54) is 17.9 Å². The lowest BCUT2D eigenvalue weighted by Crippen LogP contribution is -2.43. The first-order valence-corrected chi connectivity index (χ1v) is 8.47. The smallest absolute Gasteiger partial charge is 0.123 e. The summed E-state index contributed by atoms with van der Waals surface area (Å²) in [5.74, 6) is 2.30. The van der Waals surface area contributed by atoms with Crippen LogP contribution in [0, 0.1) is 11.7 Å². The molecule has 0 aromatic heterocycles. The summed E-state index contributed by atoms with van der Waals surface area (Å²) in [6.07, 6.45) is 3.25. The number of aliphatic hydroxyl groups is 1. The summed E-state index contributed by atoms with van der Waals surface area (Å²) < 4.78 is 18.9. The van der Waals surface area contributed by atoms with Crippen LogP contribution in [-0.4, -0.2) is 34.9 Å². The zero-order valence-electron chi connectivity index (χ0n) is 11.6. The number of rotatable bonds is 3. The van der Waals surface area contributed by atoms with Gasteiger partial charge in [-0.1, -0.05) is 12.1 Å². The zero-order chi connectivity index (χ0) is 14.0. The van der Waals surface area contributed by atoms with E-state index in [-0.39, 0.29) is 17.5 Å². The first kappa shape index (κ1) is 14.4. The molecule has 1 spiro atoms. The van der Waals surface area contributed by atoms with Crippen LogP contribution in [-0.2, 0) is 11.2 Å². The molecule has 3 atom stereocenters. The van der Waals surface area contributed by atoms with Crippen LogP contribution >= 0.6 is 11.8 Å². The quantitative estimate of drug-likeness (QED) is 0.929. The molecule has 0 amide bonds. The predicted molar refractivity (Wildman–Crippen MR) is 79.5 cm³/mol. The second kappa shape index (κ2) is 6.04. The highest BCUT2D eigenvalue weighted by molar-refractivity contribution is 7.99. The molecule has 2 aliphatic heterocycles. The molecule has 0 saturated carbocycles. The molecule has 1 aromatic carbocycles. The minimum atomic E-state index is -0.355. The van der Waals surface area contributed by atoms with Gasteiger partial charge in [-0.3, -0.25) is 0 Å². The first-order valence-electron chi connectivity index (χ1n) is 7.31. The third-order valence-corrected chi connectivity index (χ3v) is 5.72. The fourth-order valence-corrected chi connectivity index (χ4v) is 4.66. The molecule has 0 bridgehead atoms. The van der Waals surface area contributed by atoms with E-state index in [1.54, 1.807) is 12.1 Å². The van der Waals surface area contributed by atoms with Crippen molar-refractivity contribution < 1.29 is 14.2 Å². The van der Waals surface area contributed by atoms with E-state index in [0.717, 1.165) is 37.2 Å². The average Bonchev–Trinajstić information content (AvgIpc) is 2.89. The van der Waals surface area contributed by atoms with E-state index in [2.05, 4.69) is 0 Å². The second-order valence-corrected chi connectivity index (χ2v) is 7.09. The molecule has 3 unspecified atom stereocenters. The van der Waals surface area contributed by atoms with Crippen molar-refractivity contribution in [2.24, 2.45) is 5.92 Å². The maximum atomic E-state index is 12.9. The number of thioether (sulfide) groups is 1. The van der Waals surface area contributed by atoms with Crippen molar-refractivity contribution in [1.29, 1.82) is 0 Å². The van der Waals surface area contributed by atoms with E-state index >= 15 is 0 Å². The topological polar surface area (TPSA) is 29.5 Å². The predicted octanol–water partition coefficient (Wildman–Crippen LogP) is 3.03. The maximum Gasteiger partial charge on any atom is 0.123 e. The minimum Gasteiger partial charge on any atom is -0.392 e. The zero-order valence-corrected chi connectivity index (χ0v) is 12.4. The summed E-state index contributed by atoms with van der Waals surface area (Å²) in [5, 5.41) is 10.5. The monoisotopic (exact) mass is 296 g/mol. The Labute approximate surface area is 123 Å². The SMILES string of the molecule is OC(Cc1ccc(F)cc1)C1CCOC2(CCSC2)C1. The van der Waals surface area contributed by atoms with Crippen LogP contribution in [0.1, 0.15) is 24.8 Å². The Bertz CT molecular complexity index is 442. The van der Waals surface area contributed by atoms with Crippen LogP contribution in [0.2, 0.25) is 0 Å². The number of halogens is 1. The number of benzene rings is 1. The molecule has 3 rings (SSSR count). The Hall–Kier alpha value is -0.580. The summed E-state index contributed by atoms with van der Waals surface area (Å²) in [4.78, 5) is 0. The van der Waals surface area contributed by atoms with Crippen molar-refractivity contribution >= 4 is 11.8 Å². The van der Waals surface area contributed by atoms with Crippen molar-refractivity contribution in [2.45, 2.75) is 37.4 Å². The molecule has 2 nitrogen and oxygen atoms in total. The molecule has 1 aromatic rings. The largest absolute Gasteiger partial charge is 0.392 e. The van der Waals surface area contributed by atoms with Gasteiger partial charge in [-0.15, -0.1) is 0 Å². The van der Waals surface area contributed by atoms with Gasteiger partial charge in [0.05, 0.1) is 11.7 Å². The van der Waals surface area contributed by atoms with Crippen LogP contribution in [0.5, 0.6) is 0 Å². The highest BCUT2D eigenvalue weighted by Crippen LogP contribution is 2.41. The molecule has 110 valence electrons. The number of hydrogen-bond donors (Lipinski definition) is 1. The molecule has 0 aliphatic carbocycles. The lowest BCUT2D eigenvalue weighted by Gasteiger charge is -2.39. The first-order chi connectivity index (χ1) is 9.67. The van der Waals surface area contributed by atoms with Gasteiger partial charge in [0.25, 0.3) is 0 Å². The lowest BCUT2D eigenvalue weighted by atomic mass is 9.81. The Morgan fingerprint density at radius 1 is 1.40 bits per heavy atom. The number of aliphatic hydroxyl groups excluding tert-OH is 1. The van der Waals surface area contributed by atoms with Crippen LogP contribution < -0.4 is 0 Å². The molecule has 20 heavy (non-hydrogen) atoms. The lowest BCUT2D eigenvalue weighted by molar-refractivity contribution is -0.101. The van der Waals surface area contributed by atoms with Gasteiger partial charge in [0.2, 0.25) is 0 Å². The van der Waals surface area contributed by atoms with E-state index < -0.39 is 0 Å². The van der Waals surface area contributed by atoms with Gasteiger partial charge in [-0.2, -0.15) is 11.8 Å². The third-order valence-electron chi connectivity index (χ3n) is 4.50. The Balaban J connectivity index is 1.61. The summed E-state index contributed by atoms with van der Waals surface area (Å²) in [6.45, 7) is 0.756. The molecule has 2 saturated heterocycles. The standard InChI is InChI=1S/C16H21FO2S/c17-14-3-1-12(2-4-14)9-15(18)13-5-7-19-16(10-13)6-8-20-11-16/h1-4,13,15,18H,5-11H2. The van der Waals surface area contributed by atoms with Gasteiger partial charge in [0, 0.05) is 12.4 Å². The maximum absolute atomic E-state index is 12.9. The van der Waals surface area contributed by atoms with Crippen molar-refractivity contribution in [3.63, 3.8) is 0 Å². The van der Waals surface area contributed by atoms with Crippen molar-refractivity contribution in [1.82, 2.24) is 0 Å². The van der Waals surface area contributed by atoms with Gasteiger partial charge in [0.15, 0.2) is 0 Å². The second-order valence-electron chi connectivity index (χ2n) is 5.98. The number of ether oxygens (including phenoxy) is 1. The van der Waals surface area contributed by atoms with E-state index in [1.807, 2.05) is 11.8 Å². The highest BCUT2D eigenvalue weighted by Gasteiger charge is 2.42. The fourth-order valence-electron chi connectivity index (χ4n) is 3.29. The third kappa shape index (κ3) is 3.18. The molecule has 2 heterocycles. The van der Waals surface area contributed by atoms with Crippen LogP contribution in [0.4, 0.5) is 4.39 Å². The summed E-state index contributed by atoms with van der Waals surface area (Å²) >= 11 is 1.95. The van der Waals surface area contributed by atoms with E-state index in [4.69, 9.17) is 4.74 Å². The normalized spacial score (nSPS) is 31.6. The van der Waals surface area contributed by atoms with Crippen molar-refractivity contribution in [3.8, 4) is 0 Å². The molecule has 2 aliphatic rings. The fraction of sp³-hybridized carbons (Fsp3) is 0.625. The Kier molecular flexibility index (Phi) is 4.34. The summed E-state index contributed by atoms with van der Waals surface area (Å²) in [7, 11) is 0. The average molecular weight is 296 g/mol. The molecular formula is C16H21FO2S. The molecule has 1 N–H and O–H groups in total. The van der Waals surface area contributed by atoms with Crippen molar-refractivity contribution in [3.05, 3.63) is 35.6 Å². The molecular weight excluding hydrogens is 275 g/mol. The van der Waals surface area contributed by atoms with Crippen molar-refractivity contribution in [2.75, 3.05) is 18.1 Å². The van der Waals surface area contributed by atoms with Crippen LogP contribution in [0.25, 0.3) is 0 Å². The van der Waals surface area contributed by atoms with Gasteiger partial charge in [0.1, 0.15) is 5.82 Å². The van der Waals surface area contributed by atoms with Gasteiger partial charge < -0.3 is 9.84 Å². The van der Waals surface area contributed by atoms with E-state index in [9.17, 15) is 9.50 Å². The molecule has 0 radical (unpaired) electrons. The summed E-state index contributed by atoms with van der Waals surface area (Å²) in [5.41, 5.74) is 1.01. The van der Waals surface area contributed by atoms with Crippen LogP contribution in [0.3, 0.4) is 0 Å². The van der Waals surface area contributed by atoms with Gasteiger partial charge >= 0.3 is 0 Å². The van der Waals surface area contributed by atoms with Crippen LogP contribution in [0.15, 0.2) is 24.3 Å². The Morgan fingerprint density at radius 2 is 2.20 bits per heavy atom. The van der Waals surface area contributed by atoms with Gasteiger partial charge in [-0.25, -0.2) is 4.39 Å². The molecule has 2 fully saturated rings. The number of hydrogen-bond acceptors (Lipinski definition) is 3. The van der Waals surface area contributed by atoms with Gasteiger partial charge in [-0.05, 0) is 55.1 Å². The minimum absolute atomic E-state index is 0.0113. The molecule has 4 heteroatoms. The highest BCUT2D eigenvalue weighted by atomic mass is 32.2. The Morgan fingerprint density at radius 3 is 2.90 bits per heavy atom. The van der Waals surface area contributed by atoms with E-state index in [0.29, 0.717) is 12.3 Å². The summed E-state index contributed by atoms with van der Waals surface area (Å²) in [6, 6.07) is 6.44.